The fourth-order valence-electron chi connectivity index (χ4n) is 3.46. The standard InChI is InChI=1S/C23H29N3O4S/c1-16(2)22(25-31(29,30)20-12-6-17(3)7-13-20)23(28)24-15-18-8-10-19(11-9-18)26-14-4-5-21(26)27/h6-13,16,22,25H,4-5,14-15H2,1-3H3,(H,24,28). The summed E-state index contributed by atoms with van der Waals surface area (Å²) in [6, 6.07) is 13.1. The molecule has 7 nitrogen and oxygen atoms in total. The molecule has 3 rings (SSSR count). The van der Waals surface area contributed by atoms with E-state index in [2.05, 4.69) is 10.0 Å². The third-order valence-electron chi connectivity index (χ3n) is 5.35. The number of nitrogens with zero attached hydrogens (tertiary/aromatic N) is 1. The second-order valence-corrected chi connectivity index (χ2v) is 9.90. The molecule has 1 aliphatic rings. The molecule has 0 bridgehead atoms. The highest BCUT2D eigenvalue weighted by Crippen LogP contribution is 2.21. The first-order valence-electron chi connectivity index (χ1n) is 10.4. The molecule has 2 aromatic carbocycles. The van der Waals surface area contributed by atoms with E-state index in [0.29, 0.717) is 6.42 Å². The number of hydrogen-bond donors (Lipinski definition) is 2. The van der Waals surface area contributed by atoms with Crippen LogP contribution >= 0.6 is 0 Å². The number of nitrogens with one attached hydrogen (secondary N) is 2. The third-order valence-corrected chi connectivity index (χ3v) is 6.81. The van der Waals surface area contributed by atoms with E-state index in [-0.39, 0.29) is 29.2 Å². The van der Waals surface area contributed by atoms with Gasteiger partial charge in [0.05, 0.1) is 4.90 Å². The van der Waals surface area contributed by atoms with Crippen molar-refractivity contribution >= 4 is 27.5 Å². The fraction of sp³-hybridized carbons (Fsp3) is 0.391. The monoisotopic (exact) mass is 443 g/mol. The van der Waals surface area contributed by atoms with Crippen molar-refractivity contribution in [3.63, 3.8) is 0 Å². The zero-order valence-electron chi connectivity index (χ0n) is 18.1. The van der Waals surface area contributed by atoms with Gasteiger partial charge in [0.2, 0.25) is 21.8 Å². The van der Waals surface area contributed by atoms with E-state index >= 15 is 0 Å². The summed E-state index contributed by atoms with van der Waals surface area (Å²) < 4.78 is 27.9. The maximum Gasteiger partial charge on any atom is 0.241 e. The smallest absolute Gasteiger partial charge is 0.241 e. The lowest BCUT2D eigenvalue weighted by Crippen LogP contribution is -2.49. The molecular formula is C23H29N3O4S. The normalized spacial score (nSPS) is 15.4. The van der Waals surface area contributed by atoms with Crippen molar-refractivity contribution in [3.8, 4) is 0 Å². The molecule has 0 aliphatic carbocycles. The van der Waals surface area contributed by atoms with Crippen LogP contribution < -0.4 is 14.9 Å². The zero-order valence-corrected chi connectivity index (χ0v) is 18.9. The summed E-state index contributed by atoms with van der Waals surface area (Å²) in [5.41, 5.74) is 2.67. The van der Waals surface area contributed by atoms with Crippen molar-refractivity contribution in [2.24, 2.45) is 5.92 Å². The largest absolute Gasteiger partial charge is 0.351 e. The van der Waals surface area contributed by atoms with Gasteiger partial charge in [-0.05, 0) is 49.1 Å². The Hall–Kier alpha value is -2.71. The van der Waals surface area contributed by atoms with E-state index in [0.717, 1.165) is 29.8 Å². The van der Waals surface area contributed by atoms with E-state index in [1.165, 1.54) is 12.1 Å². The number of carbonyl (C=O) groups is 2. The lowest BCUT2D eigenvalue weighted by atomic mass is 10.0. The van der Waals surface area contributed by atoms with E-state index in [1.807, 2.05) is 31.2 Å². The number of sulfonamides is 1. The van der Waals surface area contributed by atoms with Gasteiger partial charge in [0.15, 0.2) is 0 Å². The highest BCUT2D eigenvalue weighted by molar-refractivity contribution is 7.89. The van der Waals surface area contributed by atoms with Crippen LogP contribution in [-0.2, 0) is 26.2 Å². The van der Waals surface area contributed by atoms with Crippen molar-refractivity contribution in [2.45, 2.75) is 51.1 Å². The Labute approximate surface area is 183 Å². The Morgan fingerprint density at radius 2 is 1.71 bits per heavy atom. The van der Waals surface area contributed by atoms with Gasteiger partial charge in [-0.1, -0.05) is 43.7 Å². The van der Waals surface area contributed by atoms with Crippen molar-refractivity contribution in [2.75, 3.05) is 11.4 Å². The predicted molar refractivity (Wildman–Crippen MR) is 120 cm³/mol. The molecule has 31 heavy (non-hydrogen) atoms. The Morgan fingerprint density at radius 3 is 2.26 bits per heavy atom. The van der Waals surface area contributed by atoms with Gasteiger partial charge in [0, 0.05) is 25.2 Å². The highest BCUT2D eigenvalue weighted by Gasteiger charge is 2.28. The minimum absolute atomic E-state index is 0.127. The molecular weight excluding hydrogens is 414 g/mol. The first-order chi connectivity index (χ1) is 14.7. The summed E-state index contributed by atoms with van der Waals surface area (Å²) in [4.78, 5) is 26.5. The van der Waals surface area contributed by atoms with Crippen LogP contribution in [0.25, 0.3) is 0 Å². The van der Waals surface area contributed by atoms with Gasteiger partial charge >= 0.3 is 0 Å². The quantitative estimate of drug-likeness (QED) is 0.656. The van der Waals surface area contributed by atoms with E-state index in [9.17, 15) is 18.0 Å². The lowest BCUT2D eigenvalue weighted by molar-refractivity contribution is -0.123. The van der Waals surface area contributed by atoms with E-state index in [4.69, 9.17) is 0 Å². The van der Waals surface area contributed by atoms with Gasteiger partial charge in [-0.25, -0.2) is 8.42 Å². The van der Waals surface area contributed by atoms with Crippen LogP contribution in [0.4, 0.5) is 5.69 Å². The zero-order chi connectivity index (χ0) is 22.6. The number of hydrogen-bond acceptors (Lipinski definition) is 4. The van der Waals surface area contributed by atoms with Crippen LogP contribution in [0.5, 0.6) is 0 Å². The molecule has 1 atom stereocenters. The Morgan fingerprint density at radius 1 is 1.06 bits per heavy atom. The minimum atomic E-state index is -3.82. The SMILES string of the molecule is Cc1ccc(S(=O)(=O)NC(C(=O)NCc2ccc(N3CCCC3=O)cc2)C(C)C)cc1. The van der Waals surface area contributed by atoms with Crippen molar-refractivity contribution in [1.82, 2.24) is 10.0 Å². The van der Waals surface area contributed by atoms with Crippen LogP contribution in [0.2, 0.25) is 0 Å². The van der Waals surface area contributed by atoms with Crippen molar-refractivity contribution < 1.29 is 18.0 Å². The van der Waals surface area contributed by atoms with Crippen LogP contribution in [0, 0.1) is 12.8 Å². The first-order valence-corrected chi connectivity index (χ1v) is 11.9. The van der Waals surface area contributed by atoms with Crippen LogP contribution in [-0.4, -0.2) is 32.8 Å². The molecule has 166 valence electrons. The summed E-state index contributed by atoms with van der Waals surface area (Å²) in [6.45, 7) is 6.46. The summed E-state index contributed by atoms with van der Waals surface area (Å²) in [5, 5.41) is 2.81. The van der Waals surface area contributed by atoms with E-state index in [1.54, 1.807) is 30.9 Å². The molecule has 1 fully saturated rings. The molecule has 8 heteroatoms. The van der Waals surface area contributed by atoms with E-state index < -0.39 is 16.1 Å². The molecule has 0 radical (unpaired) electrons. The van der Waals surface area contributed by atoms with Crippen molar-refractivity contribution in [3.05, 3.63) is 59.7 Å². The molecule has 2 N–H and O–H groups in total. The Balaban J connectivity index is 1.63. The van der Waals surface area contributed by atoms with Gasteiger partial charge in [-0.15, -0.1) is 0 Å². The molecule has 2 amide bonds. The van der Waals surface area contributed by atoms with Gasteiger partial charge in [0.1, 0.15) is 6.04 Å². The fourth-order valence-corrected chi connectivity index (χ4v) is 4.80. The maximum atomic E-state index is 12.7. The lowest BCUT2D eigenvalue weighted by Gasteiger charge is -2.22. The average Bonchev–Trinajstić information content (AvgIpc) is 3.16. The number of rotatable bonds is 8. The van der Waals surface area contributed by atoms with Crippen molar-refractivity contribution in [1.29, 1.82) is 0 Å². The summed E-state index contributed by atoms with van der Waals surface area (Å²) >= 11 is 0. The van der Waals surface area contributed by atoms with Crippen LogP contribution in [0.3, 0.4) is 0 Å². The number of benzene rings is 2. The summed E-state index contributed by atoms with van der Waals surface area (Å²) in [7, 11) is -3.82. The van der Waals surface area contributed by atoms with Gasteiger partial charge < -0.3 is 10.2 Å². The molecule has 2 aromatic rings. The molecule has 0 spiro atoms. The Kier molecular flexibility index (Phi) is 7.12. The molecule has 1 unspecified atom stereocenters. The number of aryl methyl sites for hydroxylation is 1. The average molecular weight is 444 g/mol. The topological polar surface area (TPSA) is 95.6 Å². The van der Waals surface area contributed by atoms with Gasteiger partial charge in [-0.3, -0.25) is 9.59 Å². The highest BCUT2D eigenvalue weighted by atomic mass is 32.2. The molecule has 0 aromatic heterocycles. The second-order valence-electron chi connectivity index (χ2n) is 8.19. The molecule has 1 saturated heterocycles. The summed E-state index contributed by atoms with van der Waals surface area (Å²) in [6.07, 6.45) is 1.44. The van der Waals surface area contributed by atoms with Crippen LogP contribution in [0.15, 0.2) is 53.4 Å². The number of carbonyl (C=O) groups excluding carboxylic acids is 2. The van der Waals surface area contributed by atoms with Gasteiger partial charge in [-0.2, -0.15) is 4.72 Å². The number of anilines is 1. The first kappa shape index (κ1) is 23.0. The third kappa shape index (κ3) is 5.71. The molecule has 1 aliphatic heterocycles. The molecule has 0 saturated carbocycles. The van der Waals surface area contributed by atoms with Crippen LogP contribution in [0.1, 0.15) is 37.8 Å². The summed E-state index contributed by atoms with van der Waals surface area (Å²) in [5.74, 6) is -0.491. The van der Waals surface area contributed by atoms with Gasteiger partial charge in [0.25, 0.3) is 0 Å². The predicted octanol–water partition coefficient (Wildman–Crippen LogP) is 2.74. The second kappa shape index (κ2) is 9.62. The Bertz CT molecular complexity index is 1030. The maximum absolute atomic E-state index is 12.7. The number of amides is 2. The minimum Gasteiger partial charge on any atom is -0.351 e. The molecule has 1 heterocycles.